The Morgan fingerprint density at radius 1 is 0.800 bits per heavy atom. The Balaban J connectivity index is 1.67. The highest BCUT2D eigenvalue weighted by Crippen LogP contribution is 2.43. The molecule has 156 valence electrons. The fraction of sp³-hybridized carbons (Fsp3) is 0.333. The predicted molar refractivity (Wildman–Crippen MR) is 112 cm³/mol. The zero-order valence-corrected chi connectivity index (χ0v) is 17.4. The molecule has 0 unspecified atom stereocenters. The van der Waals surface area contributed by atoms with E-state index in [4.69, 9.17) is 14.2 Å². The first kappa shape index (κ1) is 20.0. The summed E-state index contributed by atoms with van der Waals surface area (Å²) in [4.78, 5) is 25.7. The summed E-state index contributed by atoms with van der Waals surface area (Å²) in [6.45, 7) is 0. The summed E-state index contributed by atoms with van der Waals surface area (Å²) < 4.78 is 15.9. The van der Waals surface area contributed by atoms with Gasteiger partial charge < -0.3 is 19.5 Å². The molecule has 6 heteroatoms. The number of carbonyl (C=O) groups is 2. The normalized spacial score (nSPS) is 21.0. The van der Waals surface area contributed by atoms with Gasteiger partial charge in [-0.2, -0.15) is 0 Å². The molecular formula is C24H25NO5. The number of benzene rings is 2. The van der Waals surface area contributed by atoms with Crippen molar-refractivity contribution in [2.24, 2.45) is 0 Å². The molecule has 0 saturated heterocycles. The van der Waals surface area contributed by atoms with Crippen LogP contribution in [0.4, 0.5) is 0 Å². The second-order valence-corrected chi connectivity index (χ2v) is 7.61. The molecule has 0 bridgehead atoms. The van der Waals surface area contributed by atoms with Gasteiger partial charge in [0.2, 0.25) is 5.91 Å². The largest absolute Gasteiger partial charge is 0.497 e. The molecule has 2 atom stereocenters. The second kappa shape index (κ2) is 8.22. The van der Waals surface area contributed by atoms with Crippen molar-refractivity contribution < 1.29 is 23.8 Å². The Hall–Kier alpha value is -3.28. The van der Waals surface area contributed by atoms with Crippen LogP contribution >= 0.6 is 0 Å². The van der Waals surface area contributed by atoms with Gasteiger partial charge in [0, 0.05) is 30.0 Å². The predicted octanol–water partition coefficient (Wildman–Crippen LogP) is 3.72. The number of nitrogens with one attached hydrogen (secondary N) is 1. The molecule has 6 nitrogen and oxygen atoms in total. The lowest BCUT2D eigenvalue weighted by Crippen LogP contribution is -2.38. The number of hydrogen-bond donors (Lipinski definition) is 1. The number of allylic oxidation sites excluding steroid dienone is 2. The number of ketones is 1. The van der Waals surface area contributed by atoms with Crippen LogP contribution in [0.1, 0.15) is 42.2 Å². The van der Waals surface area contributed by atoms with E-state index in [1.807, 2.05) is 42.5 Å². The highest BCUT2D eigenvalue weighted by atomic mass is 16.5. The molecule has 0 radical (unpaired) electrons. The van der Waals surface area contributed by atoms with E-state index in [0.717, 1.165) is 28.1 Å². The zero-order valence-electron chi connectivity index (χ0n) is 17.4. The molecule has 1 aliphatic carbocycles. The van der Waals surface area contributed by atoms with Crippen molar-refractivity contribution in [3.05, 3.63) is 64.9 Å². The van der Waals surface area contributed by atoms with Gasteiger partial charge in [0.25, 0.3) is 0 Å². The second-order valence-electron chi connectivity index (χ2n) is 7.61. The van der Waals surface area contributed by atoms with Gasteiger partial charge in [-0.25, -0.2) is 0 Å². The Morgan fingerprint density at radius 3 is 2.17 bits per heavy atom. The van der Waals surface area contributed by atoms with Crippen LogP contribution in [0.3, 0.4) is 0 Å². The van der Waals surface area contributed by atoms with Gasteiger partial charge in [0.1, 0.15) is 5.75 Å². The van der Waals surface area contributed by atoms with E-state index in [2.05, 4.69) is 5.32 Å². The van der Waals surface area contributed by atoms with Gasteiger partial charge in [0.05, 0.1) is 21.3 Å². The molecule has 1 amide bonds. The molecule has 2 aromatic carbocycles. The minimum absolute atomic E-state index is 0.0222. The van der Waals surface area contributed by atoms with E-state index in [1.165, 1.54) is 0 Å². The Bertz CT molecular complexity index is 1010. The van der Waals surface area contributed by atoms with Gasteiger partial charge >= 0.3 is 0 Å². The Kier molecular flexibility index (Phi) is 5.48. The highest BCUT2D eigenvalue weighted by molar-refractivity contribution is 6.02. The van der Waals surface area contributed by atoms with Gasteiger partial charge in [-0.3, -0.25) is 9.59 Å². The SMILES string of the molecule is COc1ccc([C@@H]2CC(=O)NC3=C2C(=O)C[C@@H](c2ccc(OC)c(OC)c2)C3)cc1. The summed E-state index contributed by atoms with van der Waals surface area (Å²) in [6.07, 6.45) is 1.28. The van der Waals surface area contributed by atoms with Crippen LogP contribution in [0.25, 0.3) is 0 Å². The van der Waals surface area contributed by atoms with Crippen molar-refractivity contribution in [1.82, 2.24) is 5.32 Å². The van der Waals surface area contributed by atoms with Crippen LogP contribution in [0.2, 0.25) is 0 Å². The summed E-state index contributed by atoms with van der Waals surface area (Å²) in [7, 11) is 4.80. The number of ether oxygens (including phenoxy) is 3. The molecule has 4 rings (SSSR count). The molecular weight excluding hydrogens is 382 g/mol. The van der Waals surface area contributed by atoms with Crippen molar-refractivity contribution in [3.63, 3.8) is 0 Å². The third-order valence-corrected chi connectivity index (χ3v) is 5.93. The molecule has 0 saturated carbocycles. The van der Waals surface area contributed by atoms with E-state index in [0.29, 0.717) is 24.3 Å². The van der Waals surface area contributed by atoms with E-state index in [9.17, 15) is 9.59 Å². The Labute approximate surface area is 175 Å². The minimum atomic E-state index is -0.224. The lowest BCUT2D eigenvalue weighted by Gasteiger charge is -2.34. The van der Waals surface area contributed by atoms with Crippen molar-refractivity contribution in [2.45, 2.75) is 31.1 Å². The molecule has 2 aliphatic rings. The van der Waals surface area contributed by atoms with E-state index >= 15 is 0 Å². The summed E-state index contributed by atoms with van der Waals surface area (Å²) >= 11 is 0. The third-order valence-electron chi connectivity index (χ3n) is 5.93. The maximum atomic E-state index is 13.2. The van der Waals surface area contributed by atoms with E-state index in [-0.39, 0.29) is 29.9 Å². The van der Waals surface area contributed by atoms with Crippen LogP contribution in [0.5, 0.6) is 17.2 Å². The van der Waals surface area contributed by atoms with Crippen LogP contribution in [0.15, 0.2) is 53.7 Å². The number of rotatable bonds is 5. The Morgan fingerprint density at radius 2 is 1.50 bits per heavy atom. The average molecular weight is 407 g/mol. The van der Waals surface area contributed by atoms with Gasteiger partial charge in [-0.15, -0.1) is 0 Å². The zero-order chi connectivity index (χ0) is 21.3. The molecule has 0 fully saturated rings. The first-order valence-electron chi connectivity index (χ1n) is 9.96. The fourth-order valence-electron chi connectivity index (χ4n) is 4.42. The average Bonchev–Trinajstić information content (AvgIpc) is 2.77. The van der Waals surface area contributed by atoms with E-state index in [1.54, 1.807) is 21.3 Å². The van der Waals surface area contributed by atoms with Crippen molar-refractivity contribution >= 4 is 11.7 Å². The standard InChI is InChI=1S/C24H25NO5/c1-28-17-7-4-14(5-8-17)18-13-23(27)25-19-10-16(11-20(26)24(18)19)15-6-9-21(29-2)22(12-15)30-3/h4-9,12,16,18H,10-11,13H2,1-3H3,(H,25,27)/t16-,18-/m0/s1. The lowest BCUT2D eigenvalue weighted by atomic mass is 9.73. The number of Topliss-reactive ketones (excluding diaryl/α,β-unsaturated/α-hetero) is 1. The van der Waals surface area contributed by atoms with E-state index < -0.39 is 0 Å². The summed E-state index contributed by atoms with van der Waals surface area (Å²) in [6, 6.07) is 13.3. The van der Waals surface area contributed by atoms with Gasteiger partial charge in [0.15, 0.2) is 17.3 Å². The fourth-order valence-corrected chi connectivity index (χ4v) is 4.42. The highest BCUT2D eigenvalue weighted by Gasteiger charge is 2.38. The van der Waals surface area contributed by atoms with Crippen molar-refractivity contribution in [1.29, 1.82) is 0 Å². The number of hydrogen-bond acceptors (Lipinski definition) is 5. The van der Waals surface area contributed by atoms with Gasteiger partial charge in [-0.1, -0.05) is 18.2 Å². The number of carbonyl (C=O) groups excluding carboxylic acids is 2. The van der Waals surface area contributed by atoms with Gasteiger partial charge in [-0.05, 0) is 47.7 Å². The molecule has 1 heterocycles. The first-order chi connectivity index (χ1) is 14.5. The maximum absolute atomic E-state index is 13.2. The molecule has 2 aromatic rings. The van der Waals surface area contributed by atoms with Crippen LogP contribution in [-0.4, -0.2) is 33.0 Å². The molecule has 1 N–H and O–H groups in total. The molecule has 0 spiro atoms. The van der Waals surface area contributed by atoms with Crippen molar-refractivity contribution in [3.8, 4) is 17.2 Å². The topological polar surface area (TPSA) is 73.9 Å². The summed E-state index contributed by atoms with van der Waals surface area (Å²) in [5.74, 6) is 1.80. The monoisotopic (exact) mass is 407 g/mol. The summed E-state index contributed by atoms with van der Waals surface area (Å²) in [5.41, 5.74) is 3.42. The minimum Gasteiger partial charge on any atom is -0.497 e. The third kappa shape index (κ3) is 3.65. The number of methoxy groups -OCH3 is 3. The smallest absolute Gasteiger partial charge is 0.225 e. The van der Waals surface area contributed by atoms with Crippen LogP contribution in [0, 0.1) is 0 Å². The lowest BCUT2D eigenvalue weighted by molar-refractivity contribution is -0.122. The first-order valence-corrected chi connectivity index (χ1v) is 9.96. The maximum Gasteiger partial charge on any atom is 0.225 e. The molecule has 30 heavy (non-hydrogen) atoms. The molecule has 1 aliphatic heterocycles. The van der Waals surface area contributed by atoms with Crippen molar-refractivity contribution in [2.75, 3.05) is 21.3 Å². The molecule has 0 aromatic heterocycles. The summed E-state index contributed by atoms with van der Waals surface area (Å²) in [5, 5.41) is 2.96. The van der Waals surface area contributed by atoms with Crippen LogP contribution < -0.4 is 19.5 Å². The number of amides is 1. The van der Waals surface area contributed by atoms with Crippen LogP contribution in [-0.2, 0) is 9.59 Å². The quantitative estimate of drug-likeness (QED) is 0.818.